The predicted octanol–water partition coefficient (Wildman–Crippen LogP) is 2.82. The molecule has 0 aliphatic carbocycles. The van der Waals surface area contributed by atoms with Crippen LogP contribution in [0.15, 0.2) is 117 Å². The third-order valence-corrected chi connectivity index (χ3v) is 15.7. The van der Waals surface area contributed by atoms with Crippen molar-refractivity contribution >= 4 is 111 Å². The van der Waals surface area contributed by atoms with Crippen molar-refractivity contribution < 1.29 is 48.8 Å². The SMILES string of the molecule is O=C(O)CCCC#Cc1ccc2c3[n]4c(c2c1)=NC1=NC(=Nc2c5ccc(S(=O)(=O)O)cc5c([n]2[Ga]4)N=C2N=C(N=3)c3cc(S(=O)(=O)O)ccc32)c2cc(S(=O)(=O)O)ccc21. The Morgan fingerprint density at radius 2 is 1.07 bits per heavy atom. The van der Waals surface area contributed by atoms with E-state index in [0.717, 1.165) is 0 Å². The van der Waals surface area contributed by atoms with E-state index >= 15 is 0 Å². The van der Waals surface area contributed by atoms with Gasteiger partial charge in [0.05, 0.1) is 0 Å². The quantitative estimate of drug-likeness (QED) is 0.0815. The first kappa shape index (κ1) is 38.8. The summed E-state index contributed by atoms with van der Waals surface area (Å²) in [5, 5.41) is 10.7. The molecule has 23 heteroatoms. The molecule has 6 bridgehead atoms. The molecule has 2 aromatic heterocycles. The molecule has 4 aromatic carbocycles. The van der Waals surface area contributed by atoms with Gasteiger partial charge in [-0.05, 0) is 0 Å². The van der Waals surface area contributed by atoms with Crippen molar-refractivity contribution in [1.29, 1.82) is 0 Å². The van der Waals surface area contributed by atoms with Gasteiger partial charge in [0.25, 0.3) is 0 Å². The first-order chi connectivity index (χ1) is 28.9. The molecule has 1 radical (unpaired) electrons. The second-order valence-corrected chi connectivity index (χ2v) is 20.9. The molecule has 4 aliphatic rings. The number of fused-ring (bicyclic) bond motifs is 14. The summed E-state index contributed by atoms with van der Waals surface area (Å²) in [6.45, 7) is 0. The van der Waals surface area contributed by atoms with Crippen molar-refractivity contribution in [2.75, 3.05) is 0 Å². The van der Waals surface area contributed by atoms with E-state index in [-0.39, 0.29) is 57.9 Å². The first-order valence-corrected chi connectivity index (χ1v) is 24.3. The summed E-state index contributed by atoms with van der Waals surface area (Å²) in [5.74, 6) is 5.72. The zero-order valence-corrected chi connectivity index (χ0v) is 35.4. The van der Waals surface area contributed by atoms with Crippen LogP contribution in [0.2, 0.25) is 0 Å². The van der Waals surface area contributed by atoms with Crippen molar-refractivity contribution in [2.24, 2.45) is 30.0 Å². The molecular weight excluding hydrogens is 910 g/mol. The average Bonchev–Trinajstić information content (AvgIpc) is 3.89. The van der Waals surface area contributed by atoms with E-state index in [1.54, 1.807) is 21.5 Å². The zero-order valence-electron chi connectivity index (χ0n) is 30.6. The molecule has 0 unspecified atom stereocenters. The Balaban J connectivity index is 1.36. The molecular formula is C38H22GaN8O11S3. The second kappa shape index (κ2) is 13.6. The molecule has 6 aromatic rings. The molecule has 61 heavy (non-hydrogen) atoms. The third-order valence-electron chi connectivity index (χ3n) is 10.2. The van der Waals surface area contributed by atoms with Crippen LogP contribution in [0.3, 0.4) is 0 Å². The monoisotopic (exact) mass is 931 g/mol. The van der Waals surface area contributed by atoms with Gasteiger partial charge < -0.3 is 0 Å². The average molecular weight is 933 g/mol. The summed E-state index contributed by atoms with van der Waals surface area (Å²) in [7, 11) is -14.1. The second-order valence-electron chi connectivity index (χ2n) is 14.0. The van der Waals surface area contributed by atoms with Gasteiger partial charge in [0.15, 0.2) is 0 Å². The topological polar surface area (TPSA) is 284 Å². The van der Waals surface area contributed by atoms with Gasteiger partial charge in [-0.3, -0.25) is 0 Å². The molecule has 0 spiro atoms. The zero-order chi connectivity index (χ0) is 42.7. The number of unbranched alkanes of at least 4 members (excludes halogenated alkanes) is 1. The van der Waals surface area contributed by atoms with Gasteiger partial charge in [-0.1, -0.05) is 0 Å². The van der Waals surface area contributed by atoms with E-state index in [9.17, 15) is 43.7 Å². The number of aliphatic imine (C=N–C) groups is 4. The Hall–Kier alpha value is -6.36. The normalized spacial score (nSPS) is 14.9. The summed E-state index contributed by atoms with van der Waals surface area (Å²) in [6.07, 6.45) is 0.612. The number of carboxylic acids is 1. The molecule has 0 saturated heterocycles. The van der Waals surface area contributed by atoms with Gasteiger partial charge in [-0.2, -0.15) is 0 Å². The number of hydrogen-bond acceptors (Lipinski definition) is 13. The van der Waals surface area contributed by atoms with E-state index in [1.807, 2.05) is 3.27 Å². The van der Waals surface area contributed by atoms with Crippen LogP contribution in [0.1, 0.15) is 47.1 Å². The number of aromatic nitrogens is 2. The van der Waals surface area contributed by atoms with Crippen LogP contribution >= 0.6 is 0 Å². The fourth-order valence-corrected chi connectivity index (χ4v) is 12.0. The minimum atomic E-state index is -4.75. The van der Waals surface area contributed by atoms with Crippen LogP contribution in [-0.4, -0.2) is 97.8 Å². The van der Waals surface area contributed by atoms with Crippen LogP contribution in [0.4, 0.5) is 11.6 Å². The van der Waals surface area contributed by atoms with Gasteiger partial charge in [0.1, 0.15) is 0 Å². The Morgan fingerprint density at radius 1 is 0.557 bits per heavy atom. The Morgan fingerprint density at radius 3 is 1.67 bits per heavy atom. The molecule has 4 aliphatic heterocycles. The maximum absolute atomic E-state index is 12.5. The van der Waals surface area contributed by atoms with Crippen LogP contribution in [-0.2, 0) is 35.1 Å². The molecule has 0 fully saturated rings. The summed E-state index contributed by atoms with van der Waals surface area (Å²) in [4.78, 5) is 39.2. The van der Waals surface area contributed by atoms with Crippen LogP contribution in [0.5, 0.6) is 0 Å². The van der Waals surface area contributed by atoms with Gasteiger partial charge in [-0.25, -0.2) is 0 Å². The fraction of sp³-hybridized carbons (Fsp3) is 0.0789. The van der Waals surface area contributed by atoms with E-state index in [0.29, 0.717) is 56.7 Å². The molecule has 0 atom stereocenters. The fourth-order valence-electron chi connectivity index (χ4n) is 7.38. The number of amidine groups is 4. The molecule has 0 saturated carbocycles. The summed E-state index contributed by atoms with van der Waals surface area (Å²) >= 11 is -2.31. The number of nitrogens with zero attached hydrogens (tertiary/aromatic N) is 8. The molecule has 19 nitrogen and oxygen atoms in total. The number of benzene rings is 4. The van der Waals surface area contributed by atoms with Crippen molar-refractivity contribution in [1.82, 2.24) is 6.55 Å². The minimum absolute atomic E-state index is 0.00783. The van der Waals surface area contributed by atoms with E-state index in [2.05, 4.69) is 11.8 Å². The standard InChI is InChI=1S/C38H23N8O11S3.Ga/c47-30(48)5-3-1-2-4-18-6-10-22-26(14-18)35-39-31(22)41-36-28-16-20(59(52,53)54)8-12-24(28)33(43-36)45-38-29-17-21(60(55,56)57)9-13-25(29)34(46-38)44-37-27-15-19(58(49,50)51)7-11-23(27)32(40-35)42-37;/h6-17H,1,3,5H2,(H5-,39,40,41,42,43,44,45,46,47,48,49,50,51,52,53,54,55,56,57);/q-1;+2/p-1. The number of rotatable bonds is 6. The Bertz CT molecular complexity index is 3780. The molecule has 4 N–H and O–H groups in total. The number of aliphatic carboxylic acids is 1. The van der Waals surface area contributed by atoms with E-state index in [4.69, 9.17) is 35.1 Å². The summed E-state index contributed by atoms with van der Waals surface area (Å²) in [5.41, 5.74) is 2.29. The summed E-state index contributed by atoms with van der Waals surface area (Å²) < 4.78 is 108. The van der Waals surface area contributed by atoms with Crippen LogP contribution < -0.4 is 11.0 Å². The molecule has 301 valence electrons. The van der Waals surface area contributed by atoms with Crippen LogP contribution in [0, 0.1) is 11.8 Å². The summed E-state index contributed by atoms with van der Waals surface area (Å²) in [6, 6.07) is 16.8. The van der Waals surface area contributed by atoms with Gasteiger partial charge >= 0.3 is 353 Å². The van der Waals surface area contributed by atoms with Gasteiger partial charge in [0, 0.05) is 0 Å². The first-order valence-electron chi connectivity index (χ1n) is 17.8. The number of carboxylic acid groups (broad SMARTS) is 1. The number of hydrogen-bond donors (Lipinski definition) is 4. The Kier molecular flexibility index (Phi) is 8.64. The third kappa shape index (κ3) is 6.56. The Labute approximate surface area is 351 Å². The maximum atomic E-state index is 12.5. The van der Waals surface area contributed by atoms with Gasteiger partial charge in [-0.15, -0.1) is 0 Å². The van der Waals surface area contributed by atoms with Crippen molar-refractivity contribution in [3.63, 3.8) is 0 Å². The van der Waals surface area contributed by atoms with Gasteiger partial charge in [0.2, 0.25) is 0 Å². The van der Waals surface area contributed by atoms with Crippen molar-refractivity contribution in [2.45, 2.75) is 33.9 Å². The van der Waals surface area contributed by atoms with Crippen LogP contribution in [0.25, 0.3) is 21.5 Å². The van der Waals surface area contributed by atoms with E-state index < -0.39 is 68.9 Å². The molecule has 6 heterocycles. The number of carbonyl (C=O) groups is 1. The van der Waals surface area contributed by atoms with Crippen molar-refractivity contribution in [3.8, 4) is 11.8 Å². The molecule has 10 rings (SSSR count). The van der Waals surface area contributed by atoms with Crippen molar-refractivity contribution in [3.05, 3.63) is 112 Å². The molecule has 0 amide bonds. The van der Waals surface area contributed by atoms with E-state index in [1.165, 1.54) is 54.6 Å². The predicted molar refractivity (Wildman–Crippen MR) is 219 cm³/mol.